The number of aryl methyl sites for hydroxylation is 1. The average molecular weight is 583 g/mol. The summed E-state index contributed by atoms with van der Waals surface area (Å²) < 4.78 is 43.2. The highest BCUT2D eigenvalue weighted by Gasteiger charge is 2.30. The van der Waals surface area contributed by atoms with Gasteiger partial charge in [0.15, 0.2) is 4.96 Å². The van der Waals surface area contributed by atoms with E-state index in [0.717, 1.165) is 21.1 Å². The van der Waals surface area contributed by atoms with Gasteiger partial charge in [0.2, 0.25) is 16.0 Å². The molecule has 12 heteroatoms. The molecule has 3 aromatic heterocycles. The number of nitrogens with zero attached hydrogens (tertiary/aromatic N) is 5. The number of piperidine rings is 1. The Balaban J connectivity index is 1.23. The first-order valence-corrected chi connectivity index (χ1v) is 15.0. The minimum absolute atomic E-state index is 0.0161. The number of imidazole rings is 1. The number of hydrogen-bond donors (Lipinski definition) is 1. The van der Waals surface area contributed by atoms with E-state index in [9.17, 15) is 12.8 Å². The van der Waals surface area contributed by atoms with E-state index >= 15 is 0 Å². The minimum Gasteiger partial charge on any atom is -0.351 e. The van der Waals surface area contributed by atoms with Crippen molar-refractivity contribution < 1.29 is 12.8 Å². The summed E-state index contributed by atoms with van der Waals surface area (Å²) in [6, 6.07) is 14.3. The Hall–Kier alpha value is -3.38. The van der Waals surface area contributed by atoms with E-state index < -0.39 is 10.0 Å². The summed E-state index contributed by atoms with van der Waals surface area (Å²) in [7, 11) is -3.58. The Morgan fingerprint density at radius 3 is 2.46 bits per heavy atom. The number of benzene rings is 2. The molecule has 2 aromatic carbocycles. The summed E-state index contributed by atoms with van der Waals surface area (Å²) in [5, 5.41) is 3.88. The predicted octanol–water partition coefficient (Wildman–Crippen LogP) is 5.89. The molecule has 5 aromatic rings. The normalized spacial score (nSPS) is 15.2. The van der Waals surface area contributed by atoms with Crippen LogP contribution in [-0.2, 0) is 10.0 Å². The van der Waals surface area contributed by atoms with Crippen molar-refractivity contribution in [2.45, 2.75) is 30.7 Å². The molecule has 0 aliphatic carbocycles. The molecule has 0 radical (unpaired) electrons. The first-order valence-electron chi connectivity index (χ1n) is 12.4. The summed E-state index contributed by atoms with van der Waals surface area (Å²) in [4.78, 5) is 16.2. The maximum Gasteiger partial charge on any atom is 0.243 e. The van der Waals surface area contributed by atoms with Crippen molar-refractivity contribution in [2.24, 2.45) is 0 Å². The first kappa shape index (κ1) is 25.9. The maximum absolute atomic E-state index is 13.6. The van der Waals surface area contributed by atoms with Gasteiger partial charge >= 0.3 is 0 Å². The molecule has 8 nitrogen and oxygen atoms in total. The molecule has 4 heterocycles. The summed E-state index contributed by atoms with van der Waals surface area (Å²) in [6.07, 6.45) is 4.93. The van der Waals surface area contributed by atoms with Crippen molar-refractivity contribution in [2.75, 3.05) is 18.4 Å². The Morgan fingerprint density at radius 1 is 1.03 bits per heavy atom. The van der Waals surface area contributed by atoms with Gasteiger partial charge in [0.05, 0.1) is 16.3 Å². The van der Waals surface area contributed by atoms with Crippen LogP contribution >= 0.6 is 22.9 Å². The van der Waals surface area contributed by atoms with Gasteiger partial charge in [0.1, 0.15) is 11.5 Å². The standard InChI is InChI=1S/C27H24ClFN6O2S2/c1-17-16-35-25(24(33-27(35)38-17)18-2-6-20(29)7-3-18)23-10-13-30-26(32-23)31-21-11-14-34(15-12-21)39(36,37)22-8-4-19(28)5-9-22/h2-10,13,16,21H,11-12,14-15H2,1H3,(H,30,31,32). The Bertz CT molecular complexity index is 1750. The molecule has 1 aliphatic heterocycles. The van der Waals surface area contributed by atoms with Crippen LogP contribution in [0.2, 0.25) is 5.02 Å². The molecule has 1 saturated heterocycles. The van der Waals surface area contributed by atoms with E-state index in [1.165, 1.54) is 28.6 Å². The lowest BCUT2D eigenvalue weighted by molar-refractivity contribution is 0.329. The minimum atomic E-state index is -3.58. The number of aromatic nitrogens is 4. The fourth-order valence-electron chi connectivity index (χ4n) is 4.75. The lowest BCUT2D eigenvalue weighted by atomic mass is 10.1. The van der Waals surface area contributed by atoms with Gasteiger partial charge in [-0.1, -0.05) is 11.6 Å². The summed E-state index contributed by atoms with van der Waals surface area (Å²) in [5.74, 6) is 0.149. The molecule has 0 bridgehead atoms. The van der Waals surface area contributed by atoms with Crippen molar-refractivity contribution in [3.63, 3.8) is 0 Å². The molecule has 0 unspecified atom stereocenters. The number of rotatable bonds is 6. The molecule has 0 atom stereocenters. The van der Waals surface area contributed by atoms with Crippen molar-refractivity contribution in [3.8, 4) is 22.6 Å². The van der Waals surface area contributed by atoms with Crippen LogP contribution in [0.1, 0.15) is 17.7 Å². The van der Waals surface area contributed by atoms with E-state index in [1.807, 2.05) is 23.6 Å². The number of sulfonamides is 1. The Morgan fingerprint density at radius 2 is 1.74 bits per heavy atom. The zero-order chi connectivity index (χ0) is 27.1. The van der Waals surface area contributed by atoms with Crippen LogP contribution < -0.4 is 5.32 Å². The number of fused-ring (bicyclic) bond motifs is 1. The fourth-order valence-corrected chi connectivity index (χ4v) is 7.17. The lowest BCUT2D eigenvalue weighted by Gasteiger charge is -2.31. The van der Waals surface area contributed by atoms with Crippen molar-refractivity contribution >= 4 is 43.9 Å². The van der Waals surface area contributed by atoms with Crippen LogP contribution in [-0.4, -0.2) is 51.2 Å². The number of nitrogens with one attached hydrogen (secondary N) is 1. The van der Waals surface area contributed by atoms with Crippen LogP contribution in [0.3, 0.4) is 0 Å². The van der Waals surface area contributed by atoms with E-state index in [-0.39, 0.29) is 16.8 Å². The zero-order valence-electron chi connectivity index (χ0n) is 20.9. The third-order valence-electron chi connectivity index (χ3n) is 6.70. The quantitative estimate of drug-likeness (QED) is 0.268. The summed E-state index contributed by atoms with van der Waals surface area (Å²) in [6.45, 7) is 2.79. The molecular weight excluding hydrogens is 559 g/mol. The van der Waals surface area contributed by atoms with E-state index in [0.29, 0.717) is 48.3 Å². The van der Waals surface area contributed by atoms with Gasteiger partial charge in [-0.2, -0.15) is 4.31 Å². The molecule has 0 saturated carbocycles. The molecular formula is C27H24ClFN6O2S2. The number of hydrogen-bond acceptors (Lipinski definition) is 7. The molecule has 6 rings (SSSR count). The van der Waals surface area contributed by atoms with E-state index in [2.05, 4.69) is 10.3 Å². The summed E-state index contributed by atoms with van der Waals surface area (Å²) in [5.41, 5.74) is 2.99. The van der Waals surface area contributed by atoms with Crippen LogP contribution in [0.25, 0.3) is 27.6 Å². The van der Waals surface area contributed by atoms with Gasteiger partial charge in [-0.05, 0) is 74.4 Å². The molecule has 0 amide bonds. The SMILES string of the molecule is Cc1cn2c(-c3ccnc(NC4CCN(S(=O)(=O)c5ccc(Cl)cc5)CC4)n3)c(-c3ccc(F)cc3)nc2s1. The van der Waals surface area contributed by atoms with Crippen LogP contribution in [0.15, 0.2) is 71.9 Å². The lowest BCUT2D eigenvalue weighted by Crippen LogP contribution is -2.42. The van der Waals surface area contributed by atoms with Gasteiger partial charge in [0, 0.05) is 47.0 Å². The molecule has 1 aliphatic rings. The van der Waals surface area contributed by atoms with Crippen LogP contribution in [0, 0.1) is 12.7 Å². The largest absolute Gasteiger partial charge is 0.351 e. The number of thiazole rings is 1. The van der Waals surface area contributed by atoms with Gasteiger partial charge in [-0.15, -0.1) is 11.3 Å². The third-order valence-corrected chi connectivity index (χ3v) is 9.76. The van der Waals surface area contributed by atoms with Gasteiger partial charge in [-0.25, -0.2) is 27.8 Å². The van der Waals surface area contributed by atoms with Gasteiger partial charge in [0.25, 0.3) is 0 Å². The summed E-state index contributed by atoms with van der Waals surface area (Å²) >= 11 is 7.49. The highest BCUT2D eigenvalue weighted by Crippen LogP contribution is 2.35. The second-order valence-corrected chi connectivity index (χ2v) is 12.9. The maximum atomic E-state index is 13.6. The molecule has 1 fully saturated rings. The monoisotopic (exact) mass is 582 g/mol. The van der Waals surface area contributed by atoms with E-state index in [1.54, 1.807) is 41.8 Å². The van der Waals surface area contributed by atoms with Crippen molar-refractivity contribution in [1.82, 2.24) is 23.7 Å². The Labute approximate surface area is 234 Å². The Kier molecular flexibility index (Phi) is 6.84. The molecule has 0 spiro atoms. The fraction of sp³-hybridized carbons (Fsp3) is 0.222. The number of halogens is 2. The topological polar surface area (TPSA) is 92.5 Å². The number of anilines is 1. The van der Waals surface area contributed by atoms with Crippen molar-refractivity contribution in [1.29, 1.82) is 0 Å². The second kappa shape index (κ2) is 10.3. The molecule has 39 heavy (non-hydrogen) atoms. The van der Waals surface area contributed by atoms with Gasteiger partial charge in [-0.3, -0.25) is 4.40 Å². The zero-order valence-corrected chi connectivity index (χ0v) is 23.3. The molecule has 1 N–H and O–H groups in total. The first-order chi connectivity index (χ1) is 18.8. The smallest absolute Gasteiger partial charge is 0.243 e. The van der Waals surface area contributed by atoms with Crippen molar-refractivity contribution in [3.05, 3.63) is 82.7 Å². The second-order valence-electron chi connectivity index (χ2n) is 9.35. The average Bonchev–Trinajstić information content (AvgIpc) is 3.46. The molecule has 200 valence electrons. The predicted molar refractivity (Wildman–Crippen MR) is 151 cm³/mol. The van der Waals surface area contributed by atoms with Crippen LogP contribution in [0.5, 0.6) is 0 Å². The van der Waals surface area contributed by atoms with Crippen LogP contribution in [0.4, 0.5) is 10.3 Å². The third kappa shape index (κ3) is 5.14. The highest BCUT2D eigenvalue weighted by molar-refractivity contribution is 7.89. The van der Waals surface area contributed by atoms with E-state index in [4.69, 9.17) is 21.6 Å². The van der Waals surface area contributed by atoms with Gasteiger partial charge < -0.3 is 5.32 Å². The highest BCUT2D eigenvalue weighted by atomic mass is 35.5.